The summed E-state index contributed by atoms with van der Waals surface area (Å²) in [6.07, 6.45) is 4.17. The van der Waals surface area contributed by atoms with Crippen LogP contribution in [0.25, 0.3) is 16.5 Å². The highest BCUT2D eigenvalue weighted by atomic mass is 16.3. The third-order valence-corrected chi connectivity index (χ3v) is 2.90. The summed E-state index contributed by atoms with van der Waals surface area (Å²) in [5, 5.41) is 1.16. The molecule has 76 valence electrons. The Morgan fingerprint density at radius 3 is 2.87 bits per heavy atom. The lowest BCUT2D eigenvalue weighted by Gasteiger charge is -1.93. The summed E-state index contributed by atoms with van der Waals surface area (Å²) >= 11 is 0. The molecule has 0 aliphatic heterocycles. The van der Waals surface area contributed by atoms with E-state index in [2.05, 4.69) is 18.2 Å². The van der Waals surface area contributed by atoms with E-state index < -0.39 is 0 Å². The first-order valence-electron chi connectivity index (χ1n) is 5.28. The average molecular weight is 199 g/mol. The van der Waals surface area contributed by atoms with Gasteiger partial charge in [-0.2, -0.15) is 0 Å². The first-order valence-corrected chi connectivity index (χ1v) is 5.28. The van der Waals surface area contributed by atoms with Gasteiger partial charge in [0.2, 0.25) is 0 Å². The normalized spacial score (nSPS) is 20.9. The SMILES string of the molecule is NC1C=C(c2cc3ccccc3o2)CC1. The van der Waals surface area contributed by atoms with Crippen molar-refractivity contribution in [2.75, 3.05) is 0 Å². The molecular formula is C13H13NO. The van der Waals surface area contributed by atoms with Crippen molar-refractivity contribution >= 4 is 16.5 Å². The minimum atomic E-state index is 0.202. The van der Waals surface area contributed by atoms with Crippen LogP contribution >= 0.6 is 0 Å². The van der Waals surface area contributed by atoms with Crippen LogP contribution in [0.15, 0.2) is 40.8 Å². The maximum atomic E-state index is 5.84. The zero-order chi connectivity index (χ0) is 10.3. The van der Waals surface area contributed by atoms with Gasteiger partial charge in [0.05, 0.1) is 0 Å². The van der Waals surface area contributed by atoms with E-state index in [1.807, 2.05) is 18.2 Å². The largest absolute Gasteiger partial charge is 0.456 e. The van der Waals surface area contributed by atoms with Crippen molar-refractivity contribution in [3.63, 3.8) is 0 Å². The lowest BCUT2D eigenvalue weighted by atomic mass is 10.1. The van der Waals surface area contributed by atoms with E-state index in [0.29, 0.717) is 0 Å². The van der Waals surface area contributed by atoms with Crippen molar-refractivity contribution < 1.29 is 4.42 Å². The molecule has 2 heteroatoms. The van der Waals surface area contributed by atoms with Gasteiger partial charge in [-0.3, -0.25) is 0 Å². The molecule has 0 spiro atoms. The maximum Gasteiger partial charge on any atom is 0.134 e. The van der Waals surface area contributed by atoms with E-state index in [1.165, 1.54) is 5.57 Å². The Morgan fingerprint density at radius 2 is 2.13 bits per heavy atom. The van der Waals surface area contributed by atoms with Gasteiger partial charge in [0.1, 0.15) is 11.3 Å². The maximum absolute atomic E-state index is 5.84. The van der Waals surface area contributed by atoms with Gasteiger partial charge < -0.3 is 10.2 Å². The quantitative estimate of drug-likeness (QED) is 0.767. The summed E-state index contributed by atoms with van der Waals surface area (Å²) < 4.78 is 5.78. The average Bonchev–Trinajstić information content (AvgIpc) is 2.82. The zero-order valence-electron chi connectivity index (χ0n) is 8.44. The lowest BCUT2D eigenvalue weighted by molar-refractivity contribution is 0.597. The van der Waals surface area contributed by atoms with E-state index in [9.17, 15) is 0 Å². The second kappa shape index (κ2) is 3.24. The number of hydrogen-bond acceptors (Lipinski definition) is 2. The number of benzene rings is 1. The van der Waals surface area contributed by atoms with Crippen LogP contribution in [0.1, 0.15) is 18.6 Å². The molecule has 2 N–H and O–H groups in total. The van der Waals surface area contributed by atoms with Gasteiger partial charge in [0.15, 0.2) is 0 Å². The topological polar surface area (TPSA) is 39.2 Å². The van der Waals surface area contributed by atoms with Crippen molar-refractivity contribution in [1.29, 1.82) is 0 Å². The smallest absolute Gasteiger partial charge is 0.134 e. The molecule has 2 nitrogen and oxygen atoms in total. The third kappa shape index (κ3) is 1.47. The second-order valence-corrected chi connectivity index (χ2v) is 4.04. The molecule has 0 bridgehead atoms. The second-order valence-electron chi connectivity index (χ2n) is 4.04. The van der Waals surface area contributed by atoms with Crippen LogP contribution in [0.3, 0.4) is 0 Å². The number of hydrogen-bond donors (Lipinski definition) is 1. The first-order chi connectivity index (χ1) is 7.33. The molecule has 1 heterocycles. The van der Waals surface area contributed by atoms with Gasteiger partial charge in [-0.1, -0.05) is 24.3 Å². The van der Waals surface area contributed by atoms with Crippen LogP contribution in [0.2, 0.25) is 0 Å². The van der Waals surface area contributed by atoms with E-state index in [0.717, 1.165) is 29.6 Å². The molecule has 1 aromatic heterocycles. The standard InChI is InChI=1S/C13H13NO/c14-11-6-5-10(7-11)13-8-9-3-1-2-4-12(9)15-13/h1-4,7-8,11H,5-6,14H2. The fraction of sp³-hybridized carbons (Fsp3) is 0.231. The molecule has 1 unspecified atom stereocenters. The van der Waals surface area contributed by atoms with Crippen LogP contribution in [-0.2, 0) is 0 Å². The lowest BCUT2D eigenvalue weighted by Crippen LogP contribution is -2.11. The molecule has 0 saturated heterocycles. The molecule has 1 aliphatic rings. The van der Waals surface area contributed by atoms with Crippen molar-refractivity contribution in [1.82, 2.24) is 0 Å². The van der Waals surface area contributed by atoms with E-state index in [-0.39, 0.29) is 6.04 Å². The van der Waals surface area contributed by atoms with Crippen molar-refractivity contribution in [3.8, 4) is 0 Å². The molecule has 0 amide bonds. The molecule has 0 saturated carbocycles. The Morgan fingerprint density at radius 1 is 1.27 bits per heavy atom. The summed E-state index contributed by atoms with van der Waals surface area (Å²) in [6.45, 7) is 0. The van der Waals surface area contributed by atoms with Crippen molar-refractivity contribution in [2.24, 2.45) is 5.73 Å². The molecular weight excluding hydrogens is 186 g/mol. The number of allylic oxidation sites excluding steroid dienone is 1. The van der Waals surface area contributed by atoms with Crippen LogP contribution in [0.5, 0.6) is 0 Å². The van der Waals surface area contributed by atoms with Gasteiger partial charge in [-0.15, -0.1) is 0 Å². The number of rotatable bonds is 1. The van der Waals surface area contributed by atoms with Gasteiger partial charge in [-0.05, 0) is 30.5 Å². The minimum absolute atomic E-state index is 0.202. The Kier molecular flexibility index (Phi) is 1.89. The molecule has 2 aromatic rings. The number of furan rings is 1. The fourth-order valence-electron chi connectivity index (χ4n) is 2.09. The predicted octanol–water partition coefficient (Wildman–Crippen LogP) is 2.94. The minimum Gasteiger partial charge on any atom is -0.456 e. The van der Waals surface area contributed by atoms with E-state index >= 15 is 0 Å². The monoisotopic (exact) mass is 199 g/mol. The van der Waals surface area contributed by atoms with Crippen molar-refractivity contribution in [3.05, 3.63) is 42.2 Å². The molecule has 15 heavy (non-hydrogen) atoms. The highest BCUT2D eigenvalue weighted by Crippen LogP contribution is 2.31. The highest BCUT2D eigenvalue weighted by molar-refractivity contribution is 5.82. The van der Waals surface area contributed by atoms with Crippen LogP contribution in [0.4, 0.5) is 0 Å². The molecule has 1 atom stereocenters. The van der Waals surface area contributed by atoms with Crippen LogP contribution in [0, 0.1) is 0 Å². The molecule has 0 fully saturated rings. The van der Waals surface area contributed by atoms with E-state index in [1.54, 1.807) is 0 Å². The summed E-state index contributed by atoms with van der Waals surface area (Å²) in [5.41, 5.74) is 8.04. The summed E-state index contributed by atoms with van der Waals surface area (Å²) in [5.74, 6) is 0.976. The summed E-state index contributed by atoms with van der Waals surface area (Å²) in [4.78, 5) is 0. The number of nitrogens with two attached hydrogens (primary N) is 1. The van der Waals surface area contributed by atoms with Crippen LogP contribution in [-0.4, -0.2) is 6.04 Å². The first kappa shape index (κ1) is 8.74. The highest BCUT2D eigenvalue weighted by Gasteiger charge is 2.16. The Labute approximate surface area is 88.4 Å². The van der Waals surface area contributed by atoms with E-state index in [4.69, 9.17) is 10.2 Å². The Balaban J connectivity index is 2.09. The number of fused-ring (bicyclic) bond motifs is 1. The summed E-state index contributed by atoms with van der Waals surface area (Å²) in [6, 6.07) is 10.4. The zero-order valence-corrected chi connectivity index (χ0v) is 8.44. The third-order valence-electron chi connectivity index (χ3n) is 2.90. The van der Waals surface area contributed by atoms with Gasteiger partial charge >= 0.3 is 0 Å². The molecule has 0 radical (unpaired) electrons. The van der Waals surface area contributed by atoms with Crippen LogP contribution < -0.4 is 5.73 Å². The predicted molar refractivity (Wildman–Crippen MR) is 61.4 cm³/mol. The molecule has 1 aliphatic carbocycles. The van der Waals surface area contributed by atoms with Gasteiger partial charge in [0.25, 0.3) is 0 Å². The van der Waals surface area contributed by atoms with Crippen molar-refractivity contribution in [2.45, 2.75) is 18.9 Å². The Bertz CT molecular complexity index is 491. The van der Waals surface area contributed by atoms with Gasteiger partial charge in [0, 0.05) is 11.4 Å². The van der Waals surface area contributed by atoms with Gasteiger partial charge in [-0.25, -0.2) is 0 Å². The molecule has 1 aromatic carbocycles. The Hall–Kier alpha value is -1.54. The fourth-order valence-corrected chi connectivity index (χ4v) is 2.09. The number of para-hydroxylation sites is 1. The molecule has 3 rings (SSSR count). The summed E-state index contributed by atoms with van der Waals surface area (Å²) in [7, 11) is 0.